The van der Waals surface area contributed by atoms with Crippen molar-refractivity contribution in [1.29, 1.82) is 0 Å². The summed E-state index contributed by atoms with van der Waals surface area (Å²) in [6, 6.07) is 8.23. The van der Waals surface area contributed by atoms with E-state index >= 15 is 0 Å². The number of halogens is 3. The third kappa shape index (κ3) is 4.62. The summed E-state index contributed by atoms with van der Waals surface area (Å²) in [7, 11) is 0. The molecule has 142 valence electrons. The Morgan fingerprint density at radius 2 is 2.00 bits per heavy atom. The molecule has 0 amide bonds. The quantitative estimate of drug-likeness (QED) is 0.675. The number of hydrogen-bond donors (Lipinski definition) is 2. The van der Waals surface area contributed by atoms with Gasteiger partial charge in [0.1, 0.15) is 5.82 Å². The number of benzene rings is 1. The molecule has 0 aliphatic rings. The molecule has 0 aliphatic carbocycles. The molecular formula is C18H17F3N4O2. The molecule has 0 radical (unpaired) electrons. The van der Waals surface area contributed by atoms with E-state index in [0.717, 1.165) is 12.1 Å². The van der Waals surface area contributed by atoms with Crippen molar-refractivity contribution in [3.8, 4) is 22.8 Å². The van der Waals surface area contributed by atoms with Crippen LogP contribution < -0.4 is 5.32 Å². The molecule has 0 saturated carbocycles. The largest absolute Gasteiger partial charge is 0.416 e. The van der Waals surface area contributed by atoms with E-state index in [2.05, 4.69) is 20.4 Å². The summed E-state index contributed by atoms with van der Waals surface area (Å²) in [5.41, 5.74) is -0.0228. The van der Waals surface area contributed by atoms with E-state index in [1.807, 2.05) is 6.92 Å². The van der Waals surface area contributed by atoms with E-state index in [4.69, 9.17) is 9.63 Å². The average molecular weight is 378 g/mol. The first-order valence-corrected chi connectivity index (χ1v) is 8.22. The van der Waals surface area contributed by atoms with Gasteiger partial charge in [0.05, 0.1) is 11.1 Å². The van der Waals surface area contributed by atoms with Crippen LogP contribution in [0.15, 0.2) is 47.1 Å². The van der Waals surface area contributed by atoms with Gasteiger partial charge in [0.15, 0.2) is 0 Å². The third-order valence-electron chi connectivity index (χ3n) is 3.84. The highest BCUT2D eigenvalue weighted by atomic mass is 19.4. The molecule has 9 heteroatoms. The Bertz CT molecular complexity index is 894. The number of aromatic nitrogens is 3. The predicted octanol–water partition coefficient (Wildman–Crippen LogP) is 4.00. The number of anilines is 1. The summed E-state index contributed by atoms with van der Waals surface area (Å²) in [6.07, 6.45) is -2.33. The Kier molecular flexibility index (Phi) is 5.41. The van der Waals surface area contributed by atoms with Gasteiger partial charge < -0.3 is 14.9 Å². The van der Waals surface area contributed by atoms with Crippen LogP contribution in [-0.2, 0) is 6.18 Å². The van der Waals surface area contributed by atoms with Gasteiger partial charge in [0.25, 0.3) is 5.89 Å². The topological polar surface area (TPSA) is 84.1 Å². The highest BCUT2D eigenvalue weighted by Crippen LogP contribution is 2.32. The number of pyridine rings is 1. The van der Waals surface area contributed by atoms with Crippen molar-refractivity contribution in [1.82, 2.24) is 15.1 Å². The first kappa shape index (κ1) is 18.8. The predicted molar refractivity (Wildman–Crippen MR) is 92.8 cm³/mol. The minimum Gasteiger partial charge on any atom is -0.396 e. The molecule has 2 heterocycles. The van der Waals surface area contributed by atoms with E-state index in [9.17, 15) is 13.2 Å². The lowest BCUT2D eigenvalue weighted by molar-refractivity contribution is -0.137. The van der Waals surface area contributed by atoms with Gasteiger partial charge in [0, 0.05) is 24.4 Å². The summed E-state index contributed by atoms with van der Waals surface area (Å²) < 4.78 is 43.7. The highest BCUT2D eigenvalue weighted by molar-refractivity contribution is 5.60. The average Bonchev–Trinajstić information content (AvgIpc) is 3.12. The van der Waals surface area contributed by atoms with Gasteiger partial charge in [-0.1, -0.05) is 17.3 Å². The summed E-state index contributed by atoms with van der Waals surface area (Å²) in [4.78, 5) is 8.39. The van der Waals surface area contributed by atoms with Crippen molar-refractivity contribution in [2.24, 2.45) is 0 Å². The number of hydrogen-bond acceptors (Lipinski definition) is 6. The molecule has 0 bridgehead atoms. The first-order valence-electron chi connectivity index (χ1n) is 8.22. The van der Waals surface area contributed by atoms with E-state index < -0.39 is 11.7 Å². The van der Waals surface area contributed by atoms with E-state index in [0.29, 0.717) is 17.8 Å². The Morgan fingerprint density at radius 1 is 1.19 bits per heavy atom. The third-order valence-corrected chi connectivity index (χ3v) is 3.84. The van der Waals surface area contributed by atoms with Crippen molar-refractivity contribution < 1.29 is 22.8 Å². The van der Waals surface area contributed by atoms with Gasteiger partial charge in [-0.05, 0) is 37.6 Å². The van der Waals surface area contributed by atoms with Gasteiger partial charge in [-0.2, -0.15) is 18.2 Å². The number of nitrogens with one attached hydrogen (secondary N) is 1. The molecule has 2 aromatic heterocycles. The number of alkyl halides is 3. The fraction of sp³-hybridized carbons (Fsp3) is 0.278. The van der Waals surface area contributed by atoms with E-state index in [1.165, 1.54) is 18.3 Å². The Morgan fingerprint density at radius 3 is 2.67 bits per heavy atom. The SMILES string of the molecule is C[C@@H](CCO)Nc1ccc(-c2nc(-c3cccc(C(F)(F)F)c3)no2)cn1. The number of nitrogens with zero attached hydrogens (tertiary/aromatic N) is 3. The Hall–Kier alpha value is -2.94. The zero-order valence-electron chi connectivity index (χ0n) is 14.4. The first-order chi connectivity index (χ1) is 12.9. The molecule has 1 atom stereocenters. The van der Waals surface area contributed by atoms with Crippen LogP contribution in [0.1, 0.15) is 18.9 Å². The lowest BCUT2D eigenvalue weighted by Gasteiger charge is -2.12. The van der Waals surface area contributed by atoms with Gasteiger partial charge >= 0.3 is 6.18 Å². The van der Waals surface area contributed by atoms with Gasteiger partial charge in [-0.3, -0.25) is 0 Å². The molecule has 3 aromatic rings. The second-order valence-electron chi connectivity index (χ2n) is 5.99. The number of aliphatic hydroxyl groups excluding tert-OH is 1. The molecule has 1 aromatic carbocycles. The van der Waals surface area contributed by atoms with Crippen LogP contribution in [0.4, 0.5) is 19.0 Å². The van der Waals surface area contributed by atoms with Crippen LogP contribution in [0.3, 0.4) is 0 Å². The smallest absolute Gasteiger partial charge is 0.396 e. The standard InChI is InChI=1S/C18H17F3N4O2/c1-11(7-8-26)23-15-6-5-13(10-22-15)17-24-16(25-27-17)12-3-2-4-14(9-12)18(19,20)21/h2-6,9-11,26H,7-8H2,1H3,(H,22,23)/t11-/m0/s1. The monoisotopic (exact) mass is 378 g/mol. The molecule has 0 spiro atoms. The lowest BCUT2D eigenvalue weighted by atomic mass is 10.1. The van der Waals surface area contributed by atoms with Crippen molar-refractivity contribution in [2.75, 3.05) is 11.9 Å². The van der Waals surface area contributed by atoms with Crippen LogP contribution in [0.25, 0.3) is 22.8 Å². The molecule has 0 fully saturated rings. The van der Waals surface area contributed by atoms with Crippen LogP contribution >= 0.6 is 0 Å². The van der Waals surface area contributed by atoms with Crippen LogP contribution in [0.5, 0.6) is 0 Å². The minimum atomic E-state index is -4.44. The lowest BCUT2D eigenvalue weighted by Crippen LogP contribution is -2.17. The minimum absolute atomic E-state index is 0.0595. The van der Waals surface area contributed by atoms with Crippen molar-refractivity contribution in [3.63, 3.8) is 0 Å². The van der Waals surface area contributed by atoms with E-state index in [-0.39, 0.29) is 29.9 Å². The molecule has 0 unspecified atom stereocenters. The molecular weight excluding hydrogens is 361 g/mol. The van der Waals surface area contributed by atoms with Gasteiger partial charge in [-0.25, -0.2) is 4.98 Å². The molecule has 2 N–H and O–H groups in total. The van der Waals surface area contributed by atoms with Crippen LogP contribution in [0.2, 0.25) is 0 Å². The number of rotatable bonds is 6. The fourth-order valence-corrected chi connectivity index (χ4v) is 2.42. The second-order valence-corrected chi connectivity index (χ2v) is 5.99. The van der Waals surface area contributed by atoms with Crippen LogP contribution in [0, 0.1) is 0 Å². The Balaban J connectivity index is 1.78. The zero-order chi connectivity index (χ0) is 19.4. The molecule has 6 nitrogen and oxygen atoms in total. The Labute approximate surface area is 153 Å². The maximum absolute atomic E-state index is 12.8. The maximum atomic E-state index is 12.8. The van der Waals surface area contributed by atoms with Gasteiger partial charge in [0.2, 0.25) is 5.82 Å². The van der Waals surface area contributed by atoms with Crippen molar-refractivity contribution in [2.45, 2.75) is 25.6 Å². The molecule has 0 saturated heterocycles. The molecule has 27 heavy (non-hydrogen) atoms. The van der Waals surface area contributed by atoms with E-state index in [1.54, 1.807) is 12.1 Å². The summed E-state index contributed by atoms with van der Waals surface area (Å²) in [5, 5.41) is 15.8. The molecule has 3 rings (SSSR count). The highest BCUT2D eigenvalue weighted by Gasteiger charge is 2.30. The second kappa shape index (κ2) is 7.75. The summed E-state index contributed by atoms with van der Waals surface area (Å²) in [5.74, 6) is 0.844. The normalized spacial score (nSPS) is 12.8. The van der Waals surface area contributed by atoms with Gasteiger partial charge in [-0.15, -0.1) is 0 Å². The van der Waals surface area contributed by atoms with Crippen molar-refractivity contribution >= 4 is 5.82 Å². The number of aliphatic hydroxyl groups is 1. The maximum Gasteiger partial charge on any atom is 0.416 e. The molecule has 0 aliphatic heterocycles. The summed E-state index contributed by atoms with van der Waals surface area (Å²) >= 11 is 0. The fourth-order valence-electron chi connectivity index (χ4n) is 2.42. The zero-order valence-corrected chi connectivity index (χ0v) is 14.4. The summed E-state index contributed by atoms with van der Waals surface area (Å²) in [6.45, 7) is 2.00. The van der Waals surface area contributed by atoms with Crippen molar-refractivity contribution in [3.05, 3.63) is 48.2 Å². The van der Waals surface area contributed by atoms with Crippen LogP contribution in [-0.4, -0.2) is 32.9 Å².